The van der Waals surface area contributed by atoms with Crippen molar-refractivity contribution in [2.75, 3.05) is 20.6 Å². The van der Waals surface area contributed by atoms with Crippen molar-refractivity contribution in [2.45, 2.75) is 70.9 Å². The van der Waals surface area contributed by atoms with Crippen molar-refractivity contribution in [2.24, 2.45) is 11.3 Å². The molecule has 1 N–H and O–H groups in total. The molecule has 2 aliphatic rings. The lowest BCUT2D eigenvalue weighted by Crippen LogP contribution is -2.56. The van der Waals surface area contributed by atoms with Crippen LogP contribution in [-0.4, -0.2) is 41.3 Å². The van der Waals surface area contributed by atoms with Gasteiger partial charge in [0.2, 0.25) is 5.91 Å². The molecule has 1 amide bonds. The van der Waals surface area contributed by atoms with Gasteiger partial charge in [-0.2, -0.15) is 0 Å². The Bertz CT molecular complexity index is 1230. The molecule has 1 fully saturated rings. The number of amides is 1. The summed E-state index contributed by atoms with van der Waals surface area (Å²) in [6.45, 7) is 7.31. The number of para-hydroxylation sites is 1. The minimum absolute atomic E-state index is 0.0270. The van der Waals surface area contributed by atoms with Gasteiger partial charge in [0.05, 0.1) is 5.54 Å². The highest BCUT2D eigenvalue weighted by Gasteiger charge is 2.49. The molecule has 1 atom stereocenters. The Morgan fingerprint density at radius 2 is 1.78 bits per heavy atom. The molecule has 2 aromatic carbocycles. The molecule has 0 radical (unpaired) electrons. The van der Waals surface area contributed by atoms with Crippen LogP contribution in [0.2, 0.25) is 5.02 Å². The fourth-order valence-electron chi connectivity index (χ4n) is 6.95. The third kappa shape index (κ3) is 4.59. The van der Waals surface area contributed by atoms with Crippen LogP contribution in [0.1, 0.15) is 75.7 Å². The Hall–Kier alpha value is -2.30. The fraction of sp³-hybridized carbons (Fsp3) is 0.516. The van der Waals surface area contributed by atoms with Gasteiger partial charge in [0.15, 0.2) is 0 Å². The van der Waals surface area contributed by atoms with Crippen molar-refractivity contribution in [1.29, 1.82) is 0 Å². The minimum atomic E-state index is -0.248. The molecule has 1 aliphatic carbocycles. The number of hydrogen-bond acceptors (Lipinski definition) is 2. The number of aromatic nitrogens is 1. The number of fused-ring (bicyclic) bond motifs is 4. The minimum Gasteiger partial charge on any atom is -0.356 e. The summed E-state index contributed by atoms with van der Waals surface area (Å²) in [6.07, 6.45) is 5.65. The fourth-order valence-corrected chi connectivity index (χ4v) is 7.07. The van der Waals surface area contributed by atoms with Gasteiger partial charge < -0.3 is 14.8 Å². The number of aromatic amines is 1. The van der Waals surface area contributed by atoms with Crippen LogP contribution >= 0.6 is 11.6 Å². The zero-order valence-corrected chi connectivity index (χ0v) is 23.2. The van der Waals surface area contributed by atoms with Gasteiger partial charge >= 0.3 is 0 Å². The Kier molecular flexibility index (Phi) is 6.72. The first-order valence-electron chi connectivity index (χ1n) is 13.4. The van der Waals surface area contributed by atoms with E-state index in [0.29, 0.717) is 24.3 Å². The summed E-state index contributed by atoms with van der Waals surface area (Å²) >= 11 is 6.20. The van der Waals surface area contributed by atoms with Gasteiger partial charge in [0.1, 0.15) is 0 Å². The lowest BCUT2D eigenvalue weighted by molar-refractivity contribution is -0.144. The Balaban J connectivity index is 1.51. The Morgan fingerprint density at radius 1 is 1.11 bits per heavy atom. The highest BCUT2D eigenvalue weighted by atomic mass is 35.5. The van der Waals surface area contributed by atoms with E-state index in [9.17, 15) is 4.79 Å². The monoisotopic (exact) mass is 505 g/mol. The molecule has 4 nitrogen and oxygen atoms in total. The van der Waals surface area contributed by atoms with Crippen molar-refractivity contribution in [3.63, 3.8) is 0 Å². The van der Waals surface area contributed by atoms with E-state index >= 15 is 0 Å². The van der Waals surface area contributed by atoms with Crippen LogP contribution in [0.3, 0.4) is 0 Å². The lowest BCUT2D eigenvalue weighted by atomic mass is 9.68. The van der Waals surface area contributed by atoms with E-state index < -0.39 is 0 Å². The van der Waals surface area contributed by atoms with Crippen LogP contribution in [0.15, 0.2) is 48.5 Å². The molecule has 1 aliphatic heterocycles. The molecular weight excluding hydrogens is 466 g/mol. The van der Waals surface area contributed by atoms with Crippen molar-refractivity contribution < 1.29 is 4.79 Å². The number of nitrogens with zero attached hydrogens (tertiary/aromatic N) is 2. The summed E-state index contributed by atoms with van der Waals surface area (Å²) in [5, 5.41) is 2.10. The van der Waals surface area contributed by atoms with Crippen LogP contribution in [0.4, 0.5) is 0 Å². The second kappa shape index (κ2) is 9.54. The zero-order valence-electron chi connectivity index (χ0n) is 22.4. The summed E-state index contributed by atoms with van der Waals surface area (Å²) in [6, 6.07) is 17.3. The van der Waals surface area contributed by atoms with Gasteiger partial charge in [-0.1, -0.05) is 62.7 Å². The SMILES string of the molecule is CN(C)C(c1ccc(Cl)cc1)C1CCC2(CC1)c1[nH]c3ccccc3c1CCN2C(=O)CC(C)(C)C. The summed E-state index contributed by atoms with van der Waals surface area (Å²) in [5.74, 6) is 0.827. The first-order valence-corrected chi connectivity index (χ1v) is 13.8. The van der Waals surface area contributed by atoms with Gasteiger partial charge in [0, 0.05) is 40.6 Å². The molecule has 1 aromatic heterocycles. The predicted molar refractivity (Wildman–Crippen MR) is 149 cm³/mol. The molecule has 36 heavy (non-hydrogen) atoms. The first kappa shape index (κ1) is 25.4. The number of carbonyl (C=O) groups excluding carboxylic acids is 1. The summed E-state index contributed by atoms with van der Waals surface area (Å²) in [5.41, 5.74) is 4.96. The van der Waals surface area contributed by atoms with Gasteiger partial charge in [-0.05, 0) is 86.9 Å². The van der Waals surface area contributed by atoms with Crippen molar-refractivity contribution in [3.05, 3.63) is 70.4 Å². The molecule has 1 saturated carbocycles. The molecule has 0 bridgehead atoms. The second-order valence-corrected chi connectivity index (χ2v) is 12.8. The average Bonchev–Trinajstić information content (AvgIpc) is 3.21. The maximum atomic E-state index is 13.8. The second-order valence-electron chi connectivity index (χ2n) is 12.4. The third-order valence-corrected chi connectivity index (χ3v) is 8.69. The maximum absolute atomic E-state index is 13.8. The maximum Gasteiger partial charge on any atom is 0.223 e. The van der Waals surface area contributed by atoms with Crippen LogP contribution in [0.5, 0.6) is 0 Å². The highest BCUT2D eigenvalue weighted by Crippen LogP contribution is 2.51. The first-order chi connectivity index (χ1) is 17.1. The van der Waals surface area contributed by atoms with Gasteiger partial charge in [-0.25, -0.2) is 0 Å². The van der Waals surface area contributed by atoms with Gasteiger partial charge in [-0.15, -0.1) is 0 Å². The standard InChI is InChI=1S/C31H40ClN3O/c1-30(2,3)20-27(36)35-19-16-25-24-8-6-7-9-26(24)33-29(25)31(35)17-14-22(15-18-31)28(34(4)5)21-10-12-23(32)13-11-21/h6-13,22,28,33H,14-20H2,1-5H3. The number of carbonyl (C=O) groups is 1. The largest absolute Gasteiger partial charge is 0.356 e. The van der Waals surface area contributed by atoms with Gasteiger partial charge in [0.25, 0.3) is 0 Å². The number of rotatable bonds is 4. The van der Waals surface area contributed by atoms with E-state index in [1.807, 2.05) is 12.1 Å². The molecule has 2 heterocycles. The summed E-state index contributed by atoms with van der Waals surface area (Å²) in [7, 11) is 4.36. The average molecular weight is 506 g/mol. The molecule has 192 valence electrons. The van der Waals surface area contributed by atoms with E-state index in [2.05, 4.69) is 86.0 Å². The van der Waals surface area contributed by atoms with Crippen LogP contribution in [0.25, 0.3) is 10.9 Å². The van der Waals surface area contributed by atoms with E-state index in [4.69, 9.17) is 11.6 Å². The topological polar surface area (TPSA) is 39.3 Å². The number of H-pyrrole nitrogens is 1. The number of benzene rings is 2. The molecule has 0 saturated heterocycles. The van der Waals surface area contributed by atoms with E-state index in [-0.39, 0.29) is 11.0 Å². The van der Waals surface area contributed by atoms with Crippen LogP contribution in [-0.2, 0) is 16.8 Å². The van der Waals surface area contributed by atoms with Crippen LogP contribution in [0, 0.1) is 11.3 Å². The van der Waals surface area contributed by atoms with Crippen molar-refractivity contribution in [3.8, 4) is 0 Å². The molecule has 1 spiro atoms. The quantitative estimate of drug-likeness (QED) is 0.403. The normalized spacial score (nSPS) is 23.3. The summed E-state index contributed by atoms with van der Waals surface area (Å²) in [4.78, 5) is 22.2. The molecule has 1 unspecified atom stereocenters. The van der Waals surface area contributed by atoms with Crippen molar-refractivity contribution >= 4 is 28.4 Å². The van der Waals surface area contributed by atoms with Gasteiger partial charge in [-0.3, -0.25) is 4.79 Å². The van der Waals surface area contributed by atoms with E-state index in [1.54, 1.807) is 0 Å². The third-order valence-electron chi connectivity index (χ3n) is 8.44. The van der Waals surface area contributed by atoms with E-state index in [0.717, 1.165) is 43.7 Å². The highest BCUT2D eigenvalue weighted by molar-refractivity contribution is 6.30. The molecule has 3 aromatic rings. The Labute approximate surface area is 221 Å². The molecule has 5 rings (SSSR count). The molecule has 5 heteroatoms. The van der Waals surface area contributed by atoms with Crippen molar-refractivity contribution in [1.82, 2.24) is 14.8 Å². The Morgan fingerprint density at radius 3 is 2.42 bits per heavy atom. The van der Waals surface area contributed by atoms with E-state index in [1.165, 1.54) is 27.7 Å². The number of hydrogen-bond donors (Lipinski definition) is 1. The number of halogens is 1. The lowest BCUT2D eigenvalue weighted by Gasteiger charge is -2.52. The number of nitrogens with one attached hydrogen (secondary N) is 1. The predicted octanol–water partition coefficient (Wildman–Crippen LogP) is 7.33. The summed E-state index contributed by atoms with van der Waals surface area (Å²) < 4.78 is 0. The smallest absolute Gasteiger partial charge is 0.223 e. The molecular formula is C31H40ClN3O. The van der Waals surface area contributed by atoms with Crippen LogP contribution < -0.4 is 0 Å². The zero-order chi connectivity index (χ0) is 25.7.